The Bertz CT molecular complexity index is 526. The van der Waals surface area contributed by atoms with Gasteiger partial charge in [-0.3, -0.25) is 4.98 Å². The fourth-order valence-electron chi connectivity index (χ4n) is 1.75. The zero-order chi connectivity index (χ0) is 13.7. The molecule has 0 radical (unpaired) electrons. The van der Waals surface area contributed by atoms with Crippen molar-refractivity contribution in [1.29, 1.82) is 0 Å². The van der Waals surface area contributed by atoms with Crippen molar-refractivity contribution in [1.82, 2.24) is 4.98 Å². The second-order valence-electron chi connectivity index (χ2n) is 4.60. The molecule has 100 valence electrons. The molecule has 0 spiro atoms. The third-order valence-corrected chi connectivity index (χ3v) is 2.63. The summed E-state index contributed by atoms with van der Waals surface area (Å²) in [5.74, 6) is 0.714. The predicted octanol–water partition coefficient (Wildman–Crippen LogP) is 3.06. The minimum atomic E-state index is 0.107. The van der Waals surface area contributed by atoms with E-state index in [1.165, 1.54) is 0 Å². The normalized spacial score (nSPS) is 10.5. The lowest BCUT2D eigenvalue weighted by molar-refractivity contribution is 0.244. The van der Waals surface area contributed by atoms with Crippen molar-refractivity contribution < 1.29 is 4.74 Å². The van der Waals surface area contributed by atoms with E-state index in [2.05, 4.69) is 10.3 Å². The van der Waals surface area contributed by atoms with Crippen molar-refractivity contribution in [2.75, 3.05) is 11.1 Å². The van der Waals surface area contributed by atoms with Crippen LogP contribution in [-0.4, -0.2) is 11.1 Å². The van der Waals surface area contributed by atoms with Crippen molar-refractivity contribution in [3.63, 3.8) is 0 Å². The number of pyridine rings is 1. The Morgan fingerprint density at radius 2 is 2.11 bits per heavy atom. The van der Waals surface area contributed by atoms with E-state index in [9.17, 15) is 0 Å². The van der Waals surface area contributed by atoms with Crippen molar-refractivity contribution in [2.24, 2.45) is 0 Å². The highest BCUT2D eigenvalue weighted by Gasteiger charge is 2.07. The molecule has 0 atom stereocenters. The Morgan fingerprint density at radius 1 is 1.26 bits per heavy atom. The van der Waals surface area contributed by atoms with Crippen LogP contribution in [0.5, 0.6) is 5.75 Å². The molecular weight excluding hydrogens is 238 g/mol. The number of ether oxygens (including phenoxy) is 1. The van der Waals surface area contributed by atoms with E-state index in [0.29, 0.717) is 18.0 Å². The minimum absolute atomic E-state index is 0.107. The van der Waals surface area contributed by atoms with Crippen LogP contribution in [0.2, 0.25) is 0 Å². The zero-order valence-corrected chi connectivity index (χ0v) is 11.3. The molecule has 1 aromatic heterocycles. The second-order valence-corrected chi connectivity index (χ2v) is 4.60. The van der Waals surface area contributed by atoms with Gasteiger partial charge in [0, 0.05) is 18.9 Å². The van der Waals surface area contributed by atoms with E-state index in [4.69, 9.17) is 10.5 Å². The van der Waals surface area contributed by atoms with Crippen molar-refractivity contribution in [3.05, 3.63) is 48.3 Å². The van der Waals surface area contributed by atoms with Gasteiger partial charge in [-0.1, -0.05) is 12.1 Å². The summed E-state index contributed by atoms with van der Waals surface area (Å²) in [6.45, 7) is 4.65. The molecule has 1 aromatic carbocycles. The summed E-state index contributed by atoms with van der Waals surface area (Å²) in [6.07, 6.45) is 3.70. The average molecular weight is 257 g/mol. The van der Waals surface area contributed by atoms with Gasteiger partial charge in [-0.15, -0.1) is 0 Å². The van der Waals surface area contributed by atoms with Crippen LogP contribution in [0, 0.1) is 0 Å². The number of aromatic nitrogens is 1. The SMILES string of the molecule is CC(C)Oc1cccc(NCc2cccnc2)c1N. The molecule has 4 heteroatoms. The van der Waals surface area contributed by atoms with Gasteiger partial charge in [0.05, 0.1) is 17.5 Å². The van der Waals surface area contributed by atoms with Crippen LogP contribution >= 0.6 is 0 Å². The lowest BCUT2D eigenvalue weighted by atomic mass is 10.2. The molecule has 0 aliphatic heterocycles. The molecule has 0 saturated heterocycles. The third-order valence-electron chi connectivity index (χ3n) is 2.63. The van der Waals surface area contributed by atoms with Crippen molar-refractivity contribution >= 4 is 11.4 Å². The first-order valence-corrected chi connectivity index (χ1v) is 6.34. The number of hydrogen-bond acceptors (Lipinski definition) is 4. The largest absolute Gasteiger partial charge is 0.489 e. The highest BCUT2D eigenvalue weighted by Crippen LogP contribution is 2.30. The number of nitrogens with one attached hydrogen (secondary N) is 1. The number of nitrogens with zero attached hydrogens (tertiary/aromatic N) is 1. The van der Waals surface area contributed by atoms with Crippen LogP contribution in [0.25, 0.3) is 0 Å². The lowest BCUT2D eigenvalue weighted by Crippen LogP contribution is -2.09. The monoisotopic (exact) mass is 257 g/mol. The molecule has 0 unspecified atom stereocenters. The first-order valence-electron chi connectivity index (χ1n) is 6.34. The van der Waals surface area contributed by atoms with Gasteiger partial charge in [-0.2, -0.15) is 0 Å². The number of nitrogens with two attached hydrogens (primary N) is 1. The summed E-state index contributed by atoms with van der Waals surface area (Å²) in [6, 6.07) is 9.69. The lowest BCUT2D eigenvalue weighted by Gasteiger charge is -2.15. The van der Waals surface area contributed by atoms with Crippen molar-refractivity contribution in [3.8, 4) is 5.75 Å². The Labute approximate surface area is 113 Å². The number of rotatable bonds is 5. The van der Waals surface area contributed by atoms with Gasteiger partial charge < -0.3 is 15.8 Å². The first kappa shape index (κ1) is 13.2. The second kappa shape index (κ2) is 6.09. The third kappa shape index (κ3) is 3.61. The summed E-state index contributed by atoms with van der Waals surface area (Å²) < 4.78 is 5.66. The number of anilines is 2. The molecule has 3 N–H and O–H groups in total. The highest BCUT2D eigenvalue weighted by molar-refractivity contribution is 5.72. The van der Waals surface area contributed by atoms with Crippen LogP contribution in [-0.2, 0) is 6.54 Å². The molecule has 0 amide bonds. The standard InChI is InChI=1S/C15H19N3O/c1-11(2)19-14-7-3-6-13(15(14)16)18-10-12-5-4-8-17-9-12/h3-9,11,18H,10,16H2,1-2H3. The summed E-state index contributed by atoms with van der Waals surface area (Å²) in [4.78, 5) is 4.08. The van der Waals surface area contributed by atoms with Gasteiger partial charge in [0.2, 0.25) is 0 Å². The van der Waals surface area contributed by atoms with E-state index in [1.807, 2.05) is 50.4 Å². The van der Waals surface area contributed by atoms with Crippen LogP contribution in [0.15, 0.2) is 42.7 Å². The van der Waals surface area contributed by atoms with Crippen LogP contribution < -0.4 is 15.8 Å². The highest BCUT2D eigenvalue weighted by atomic mass is 16.5. The summed E-state index contributed by atoms with van der Waals surface area (Å²) in [5.41, 5.74) is 8.72. The maximum absolute atomic E-state index is 6.09. The molecule has 0 fully saturated rings. The molecule has 0 saturated carbocycles. The Balaban J connectivity index is 2.08. The van der Waals surface area contributed by atoms with E-state index in [-0.39, 0.29) is 6.10 Å². The molecule has 19 heavy (non-hydrogen) atoms. The van der Waals surface area contributed by atoms with E-state index in [1.54, 1.807) is 6.20 Å². The quantitative estimate of drug-likeness (QED) is 0.808. The molecule has 0 aliphatic rings. The smallest absolute Gasteiger partial charge is 0.144 e. The van der Waals surface area contributed by atoms with Crippen LogP contribution in [0.3, 0.4) is 0 Å². The Morgan fingerprint density at radius 3 is 2.79 bits per heavy atom. The molecular formula is C15H19N3O. The average Bonchev–Trinajstić information content (AvgIpc) is 2.40. The first-order chi connectivity index (χ1) is 9.16. The Hall–Kier alpha value is -2.23. The molecule has 0 bridgehead atoms. The van der Waals surface area contributed by atoms with Gasteiger partial charge in [0.1, 0.15) is 5.75 Å². The van der Waals surface area contributed by atoms with Crippen LogP contribution in [0.1, 0.15) is 19.4 Å². The molecule has 2 aromatic rings. The van der Waals surface area contributed by atoms with E-state index < -0.39 is 0 Å². The van der Waals surface area contributed by atoms with E-state index in [0.717, 1.165) is 11.3 Å². The molecule has 2 rings (SSSR count). The van der Waals surface area contributed by atoms with Gasteiger partial charge in [-0.05, 0) is 37.6 Å². The van der Waals surface area contributed by atoms with Gasteiger partial charge in [-0.25, -0.2) is 0 Å². The number of hydrogen-bond donors (Lipinski definition) is 2. The van der Waals surface area contributed by atoms with Gasteiger partial charge in [0.15, 0.2) is 0 Å². The maximum Gasteiger partial charge on any atom is 0.144 e. The maximum atomic E-state index is 6.09. The van der Waals surface area contributed by atoms with Crippen LogP contribution in [0.4, 0.5) is 11.4 Å². The summed E-state index contributed by atoms with van der Waals surface area (Å²) in [7, 11) is 0. The fraction of sp³-hybridized carbons (Fsp3) is 0.267. The molecule has 4 nitrogen and oxygen atoms in total. The van der Waals surface area contributed by atoms with Crippen molar-refractivity contribution in [2.45, 2.75) is 26.5 Å². The van der Waals surface area contributed by atoms with Gasteiger partial charge in [0.25, 0.3) is 0 Å². The number of benzene rings is 1. The molecule has 1 heterocycles. The number of para-hydroxylation sites is 1. The van der Waals surface area contributed by atoms with Gasteiger partial charge >= 0.3 is 0 Å². The summed E-state index contributed by atoms with van der Waals surface area (Å²) >= 11 is 0. The van der Waals surface area contributed by atoms with E-state index >= 15 is 0 Å². The summed E-state index contributed by atoms with van der Waals surface area (Å²) in [5, 5.41) is 3.30. The predicted molar refractivity (Wildman–Crippen MR) is 78.2 cm³/mol. The fourth-order valence-corrected chi connectivity index (χ4v) is 1.75. The minimum Gasteiger partial charge on any atom is -0.489 e. The zero-order valence-electron chi connectivity index (χ0n) is 11.3. The molecule has 0 aliphatic carbocycles. The number of nitrogen functional groups attached to an aromatic ring is 1. The Kier molecular flexibility index (Phi) is 4.23. The topological polar surface area (TPSA) is 60.2 Å².